The van der Waals surface area contributed by atoms with Crippen LogP contribution >= 0.6 is 0 Å². The zero-order chi connectivity index (χ0) is 19.3. The monoisotopic (exact) mass is 379 g/mol. The van der Waals surface area contributed by atoms with E-state index in [0.29, 0.717) is 5.56 Å². The van der Waals surface area contributed by atoms with Crippen molar-refractivity contribution in [3.63, 3.8) is 0 Å². The Balaban J connectivity index is 1.69. The molecule has 1 N–H and O–H groups in total. The molecule has 1 amide bonds. The number of hydrogen-bond donors (Lipinski definition) is 1. The van der Waals surface area contributed by atoms with E-state index in [2.05, 4.69) is 5.32 Å². The Labute approximate surface area is 168 Å². The number of amides is 1. The Kier molecular flexibility index (Phi) is 6.23. The number of fused-ring (bicyclic) bond motifs is 5. The first-order valence-corrected chi connectivity index (χ1v) is 11.2. The Morgan fingerprint density at radius 2 is 1.39 bits per heavy atom. The summed E-state index contributed by atoms with van der Waals surface area (Å²) >= 11 is 0. The smallest absolute Gasteiger partial charge is 0.251 e. The van der Waals surface area contributed by atoms with Crippen molar-refractivity contribution in [2.24, 2.45) is 11.8 Å². The molecule has 1 aromatic carbocycles. The van der Waals surface area contributed by atoms with Crippen LogP contribution in [0.15, 0.2) is 18.2 Å². The molecule has 1 heterocycles. The van der Waals surface area contributed by atoms with Gasteiger partial charge in [-0.2, -0.15) is 0 Å². The lowest BCUT2D eigenvalue weighted by Crippen LogP contribution is -2.20. The second-order valence-electron chi connectivity index (χ2n) is 8.82. The predicted molar refractivity (Wildman–Crippen MR) is 113 cm³/mol. The molecule has 28 heavy (non-hydrogen) atoms. The summed E-state index contributed by atoms with van der Waals surface area (Å²) in [5.41, 5.74) is 4.84. The maximum atomic E-state index is 12.0. The molecule has 0 radical (unpaired) electrons. The molecular weight excluding hydrogens is 346 g/mol. The molecule has 4 heteroatoms. The van der Waals surface area contributed by atoms with Gasteiger partial charge in [0.05, 0.1) is 22.4 Å². The molecule has 2 bridgehead atoms. The lowest BCUT2D eigenvalue weighted by Gasteiger charge is -2.27. The fraction of sp³-hybridized carbons (Fsp3) is 0.625. The van der Waals surface area contributed by atoms with Crippen molar-refractivity contribution in [1.29, 1.82) is 0 Å². The van der Waals surface area contributed by atoms with Crippen molar-refractivity contribution in [3.05, 3.63) is 35.2 Å². The highest BCUT2D eigenvalue weighted by molar-refractivity contribution is 5.97. The van der Waals surface area contributed by atoms with Crippen LogP contribution in [-0.4, -0.2) is 22.9 Å². The van der Waals surface area contributed by atoms with E-state index >= 15 is 0 Å². The zero-order valence-electron chi connectivity index (χ0n) is 17.2. The average molecular weight is 380 g/mol. The topological polar surface area (TPSA) is 54.9 Å². The summed E-state index contributed by atoms with van der Waals surface area (Å²) in [5, 5.41) is 2.70. The first kappa shape index (κ1) is 19.4. The third-order valence-electron chi connectivity index (χ3n) is 6.73. The molecular formula is C24H33N3O. The highest BCUT2D eigenvalue weighted by Gasteiger charge is 2.23. The van der Waals surface area contributed by atoms with Crippen LogP contribution in [0.1, 0.15) is 86.0 Å². The molecule has 2 aliphatic carbocycles. The van der Waals surface area contributed by atoms with E-state index < -0.39 is 0 Å². The summed E-state index contributed by atoms with van der Waals surface area (Å²) in [6.45, 7) is 0. The van der Waals surface area contributed by atoms with Crippen LogP contribution in [0.4, 0.5) is 0 Å². The van der Waals surface area contributed by atoms with E-state index in [9.17, 15) is 4.79 Å². The average Bonchev–Trinajstić information content (AvgIpc) is 2.69. The normalized spacial score (nSPS) is 23.8. The molecule has 4 rings (SSSR count). The molecule has 2 aromatic rings. The minimum Gasteiger partial charge on any atom is -0.355 e. The molecule has 2 atom stereocenters. The summed E-state index contributed by atoms with van der Waals surface area (Å²) < 4.78 is 0. The number of rotatable bonds is 1. The van der Waals surface area contributed by atoms with Crippen molar-refractivity contribution in [3.8, 4) is 0 Å². The molecule has 4 nitrogen and oxygen atoms in total. The summed E-state index contributed by atoms with van der Waals surface area (Å²) in [5.74, 6) is 1.41. The van der Waals surface area contributed by atoms with Crippen LogP contribution in [0.2, 0.25) is 0 Å². The summed E-state index contributed by atoms with van der Waals surface area (Å²) in [4.78, 5) is 22.1. The van der Waals surface area contributed by atoms with Crippen LogP contribution < -0.4 is 5.32 Å². The van der Waals surface area contributed by atoms with Crippen LogP contribution in [0, 0.1) is 11.8 Å². The molecule has 0 spiro atoms. The maximum Gasteiger partial charge on any atom is 0.251 e. The number of hydrogen-bond acceptors (Lipinski definition) is 3. The molecule has 0 aliphatic heterocycles. The number of benzene rings is 1. The second-order valence-corrected chi connectivity index (χ2v) is 8.82. The predicted octanol–water partition coefficient (Wildman–Crippen LogP) is 5.24. The van der Waals surface area contributed by atoms with Crippen molar-refractivity contribution >= 4 is 16.9 Å². The summed E-state index contributed by atoms with van der Waals surface area (Å²) in [6.07, 6.45) is 15.8. The van der Waals surface area contributed by atoms with E-state index in [1.54, 1.807) is 7.05 Å². The lowest BCUT2D eigenvalue weighted by atomic mass is 9.80. The first-order valence-electron chi connectivity index (χ1n) is 11.2. The number of nitrogens with zero attached hydrogens (tertiary/aromatic N) is 2. The largest absolute Gasteiger partial charge is 0.355 e. The van der Waals surface area contributed by atoms with E-state index in [1.807, 2.05) is 18.2 Å². The van der Waals surface area contributed by atoms with Gasteiger partial charge in [0, 0.05) is 12.6 Å². The molecule has 1 saturated carbocycles. The van der Waals surface area contributed by atoms with Crippen LogP contribution in [0.5, 0.6) is 0 Å². The zero-order valence-corrected chi connectivity index (χ0v) is 17.2. The Hall–Kier alpha value is -1.97. The van der Waals surface area contributed by atoms with Gasteiger partial charge < -0.3 is 5.32 Å². The van der Waals surface area contributed by atoms with E-state index in [-0.39, 0.29) is 5.91 Å². The minimum atomic E-state index is -0.0668. The highest BCUT2D eigenvalue weighted by Crippen LogP contribution is 2.32. The highest BCUT2D eigenvalue weighted by atomic mass is 16.1. The van der Waals surface area contributed by atoms with Crippen LogP contribution in [-0.2, 0) is 12.8 Å². The van der Waals surface area contributed by atoms with Gasteiger partial charge in [0.25, 0.3) is 5.91 Å². The van der Waals surface area contributed by atoms with Gasteiger partial charge in [0.2, 0.25) is 0 Å². The minimum absolute atomic E-state index is 0.0668. The number of nitrogens with one attached hydrogen (secondary N) is 1. The van der Waals surface area contributed by atoms with Crippen LogP contribution in [0.3, 0.4) is 0 Å². The van der Waals surface area contributed by atoms with Gasteiger partial charge >= 0.3 is 0 Å². The molecule has 2 unspecified atom stereocenters. The standard InChI is InChI=1S/C24H33N3O/c1-25-24(28)19-12-13-20-23(16-19)27-22-15-18-9-7-5-3-2-4-6-8-17(10-11-18)14-21(22)26-20/h12-13,16-18H,2-11,14-15H2,1H3,(H,25,28). The van der Waals surface area contributed by atoms with Gasteiger partial charge in [0.15, 0.2) is 0 Å². The van der Waals surface area contributed by atoms with Crippen LogP contribution in [0.25, 0.3) is 11.0 Å². The Morgan fingerprint density at radius 1 is 0.821 bits per heavy atom. The molecule has 0 saturated heterocycles. The van der Waals surface area contributed by atoms with E-state index in [1.165, 1.54) is 75.6 Å². The summed E-state index contributed by atoms with van der Waals surface area (Å²) in [7, 11) is 1.66. The maximum absolute atomic E-state index is 12.0. The SMILES string of the molecule is CNC(=O)c1ccc2nc3c(nc2c1)CC1CCCCCCCCC(CC1)C3. The van der Waals surface area contributed by atoms with Gasteiger partial charge in [-0.15, -0.1) is 0 Å². The Bertz CT molecular complexity index is 832. The molecule has 150 valence electrons. The fourth-order valence-electron chi connectivity index (χ4n) is 5.03. The molecule has 1 aromatic heterocycles. The third kappa shape index (κ3) is 4.53. The number of aromatic nitrogens is 2. The van der Waals surface area contributed by atoms with E-state index in [0.717, 1.165) is 35.7 Å². The third-order valence-corrected chi connectivity index (χ3v) is 6.73. The Morgan fingerprint density at radius 3 is 2.00 bits per heavy atom. The number of carbonyl (C=O) groups excluding carboxylic acids is 1. The number of carbonyl (C=O) groups is 1. The van der Waals surface area contributed by atoms with Gasteiger partial charge in [-0.3, -0.25) is 4.79 Å². The fourth-order valence-corrected chi connectivity index (χ4v) is 5.03. The summed E-state index contributed by atoms with van der Waals surface area (Å²) in [6, 6.07) is 5.71. The molecule has 2 aliphatic rings. The lowest BCUT2D eigenvalue weighted by molar-refractivity contribution is 0.0963. The van der Waals surface area contributed by atoms with Crippen molar-refractivity contribution in [2.75, 3.05) is 7.05 Å². The first-order chi connectivity index (χ1) is 13.7. The van der Waals surface area contributed by atoms with Crippen molar-refractivity contribution < 1.29 is 4.79 Å². The van der Waals surface area contributed by atoms with Gasteiger partial charge in [-0.05, 0) is 55.7 Å². The van der Waals surface area contributed by atoms with Gasteiger partial charge in [0.1, 0.15) is 0 Å². The quantitative estimate of drug-likeness (QED) is 0.737. The molecule has 1 fully saturated rings. The van der Waals surface area contributed by atoms with Gasteiger partial charge in [-0.1, -0.05) is 51.4 Å². The van der Waals surface area contributed by atoms with Crippen molar-refractivity contribution in [1.82, 2.24) is 15.3 Å². The van der Waals surface area contributed by atoms with E-state index in [4.69, 9.17) is 9.97 Å². The van der Waals surface area contributed by atoms with Gasteiger partial charge in [-0.25, -0.2) is 9.97 Å². The van der Waals surface area contributed by atoms with Crippen molar-refractivity contribution in [2.45, 2.75) is 77.0 Å². The second kappa shape index (κ2) is 9.02.